The van der Waals surface area contributed by atoms with Gasteiger partial charge in [-0.1, -0.05) is 18.2 Å². The molecule has 0 spiro atoms. The molecule has 142 valence electrons. The maximum absolute atomic E-state index is 13.7. The molecule has 0 radical (unpaired) electrons. The smallest absolute Gasteiger partial charge is 0.194 e. The van der Waals surface area contributed by atoms with Crippen molar-refractivity contribution in [1.82, 2.24) is 10.2 Å². The lowest BCUT2D eigenvalue weighted by Gasteiger charge is -2.21. The fourth-order valence-electron chi connectivity index (χ4n) is 2.77. The minimum atomic E-state index is -0.206. The Kier molecular flexibility index (Phi) is 11.0. The van der Waals surface area contributed by atoms with E-state index in [9.17, 15) is 4.39 Å². The molecule has 1 heterocycles. The van der Waals surface area contributed by atoms with E-state index in [1.807, 2.05) is 13.0 Å². The highest BCUT2D eigenvalue weighted by Crippen LogP contribution is 2.17. The molecule has 25 heavy (non-hydrogen) atoms. The largest absolute Gasteiger partial charge is 0.382 e. The number of likely N-dealkylation sites (tertiary alicyclic amines) is 1. The normalized spacial score (nSPS) is 17.5. The van der Waals surface area contributed by atoms with Crippen molar-refractivity contribution >= 4 is 29.9 Å². The van der Waals surface area contributed by atoms with Gasteiger partial charge in [0, 0.05) is 38.2 Å². The van der Waals surface area contributed by atoms with Crippen LogP contribution in [-0.2, 0) is 16.0 Å². The molecule has 2 rings (SSSR count). The maximum atomic E-state index is 13.7. The number of ether oxygens (including phenoxy) is 2. The standard InChI is InChI=1S/C18H28FN3O2.HI/c1-3-20-18(21-12-16-6-4-5-7-17(16)19)22-9-8-15(13-22)14-24-11-10-23-2;/h4-7,15H,3,8-14H2,1-2H3,(H,20,21);1H. The molecule has 1 aromatic rings. The van der Waals surface area contributed by atoms with Gasteiger partial charge in [0.1, 0.15) is 5.82 Å². The lowest BCUT2D eigenvalue weighted by molar-refractivity contribution is 0.0536. The van der Waals surface area contributed by atoms with Gasteiger partial charge in [-0.15, -0.1) is 24.0 Å². The first-order valence-electron chi connectivity index (χ1n) is 8.58. The van der Waals surface area contributed by atoms with Gasteiger partial charge in [-0.25, -0.2) is 9.38 Å². The van der Waals surface area contributed by atoms with Crippen LogP contribution < -0.4 is 5.32 Å². The lowest BCUT2D eigenvalue weighted by atomic mass is 10.1. The summed E-state index contributed by atoms with van der Waals surface area (Å²) in [7, 11) is 1.68. The molecule has 0 aromatic heterocycles. The summed E-state index contributed by atoms with van der Waals surface area (Å²) in [4.78, 5) is 6.83. The zero-order chi connectivity index (χ0) is 17.2. The summed E-state index contributed by atoms with van der Waals surface area (Å²) in [6, 6.07) is 6.78. The van der Waals surface area contributed by atoms with E-state index >= 15 is 0 Å². The van der Waals surface area contributed by atoms with Gasteiger partial charge >= 0.3 is 0 Å². The second kappa shape index (κ2) is 12.4. The molecule has 1 atom stereocenters. The van der Waals surface area contributed by atoms with Crippen LogP contribution >= 0.6 is 24.0 Å². The molecule has 1 N–H and O–H groups in total. The Labute approximate surface area is 167 Å². The topological polar surface area (TPSA) is 46.1 Å². The summed E-state index contributed by atoms with van der Waals surface area (Å²) in [5.41, 5.74) is 0.617. The predicted molar refractivity (Wildman–Crippen MR) is 109 cm³/mol. The molecule has 1 aliphatic rings. The van der Waals surface area contributed by atoms with Gasteiger partial charge in [0.2, 0.25) is 0 Å². The fourth-order valence-corrected chi connectivity index (χ4v) is 2.77. The Bertz CT molecular complexity index is 531. The first kappa shape index (κ1) is 22.1. The van der Waals surface area contributed by atoms with Crippen molar-refractivity contribution in [3.63, 3.8) is 0 Å². The average Bonchev–Trinajstić information content (AvgIpc) is 3.05. The number of nitrogens with zero attached hydrogens (tertiary/aromatic N) is 2. The van der Waals surface area contributed by atoms with Gasteiger partial charge in [-0.2, -0.15) is 0 Å². The third-order valence-corrected chi connectivity index (χ3v) is 4.06. The zero-order valence-corrected chi connectivity index (χ0v) is 17.4. The van der Waals surface area contributed by atoms with Crippen molar-refractivity contribution in [2.45, 2.75) is 19.9 Å². The van der Waals surface area contributed by atoms with Crippen LogP contribution in [0.2, 0.25) is 0 Å². The van der Waals surface area contributed by atoms with E-state index < -0.39 is 0 Å². The highest BCUT2D eigenvalue weighted by molar-refractivity contribution is 14.0. The molecule has 5 nitrogen and oxygen atoms in total. The number of hydrogen-bond acceptors (Lipinski definition) is 3. The molecule has 1 saturated heterocycles. The minimum absolute atomic E-state index is 0. The first-order chi connectivity index (χ1) is 11.7. The van der Waals surface area contributed by atoms with Crippen LogP contribution in [-0.4, -0.2) is 57.4 Å². The van der Waals surface area contributed by atoms with E-state index in [1.54, 1.807) is 19.2 Å². The Morgan fingerprint density at radius 1 is 1.36 bits per heavy atom. The molecule has 0 aliphatic carbocycles. The number of benzene rings is 1. The third kappa shape index (κ3) is 7.45. The number of hydrogen-bond donors (Lipinski definition) is 1. The van der Waals surface area contributed by atoms with Crippen molar-refractivity contribution in [1.29, 1.82) is 0 Å². The Morgan fingerprint density at radius 2 is 2.16 bits per heavy atom. The van der Waals surface area contributed by atoms with Crippen LogP contribution in [0.25, 0.3) is 0 Å². The van der Waals surface area contributed by atoms with Crippen molar-refractivity contribution in [2.75, 3.05) is 46.6 Å². The monoisotopic (exact) mass is 465 g/mol. The predicted octanol–water partition coefficient (Wildman–Crippen LogP) is 2.89. The van der Waals surface area contributed by atoms with Crippen molar-refractivity contribution in [3.05, 3.63) is 35.6 Å². The minimum Gasteiger partial charge on any atom is -0.382 e. The van der Waals surface area contributed by atoms with Crippen LogP contribution in [0, 0.1) is 11.7 Å². The van der Waals surface area contributed by atoms with Crippen LogP contribution in [0.1, 0.15) is 18.9 Å². The number of methoxy groups -OCH3 is 1. The summed E-state index contributed by atoms with van der Waals surface area (Å²) >= 11 is 0. The number of nitrogens with one attached hydrogen (secondary N) is 1. The summed E-state index contributed by atoms with van der Waals surface area (Å²) in [5.74, 6) is 1.14. The van der Waals surface area contributed by atoms with E-state index in [0.29, 0.717) is 31.2 Å². The van der Waals surface area contributed by atoms with Gasteiger partial charge < -0.3 is 19.7 Å². The van der Waals surface area contributed by atoms with E-state index in [-0.39, 0.29) is 29.8 Å². The number of guanidine groups is 1. The highest BCUT2D eigenvalue weighted by Gasteiger charge is 2.25. The Morgan fingerprint density at radius 3 is 2.88 bits per heavy atom. The summed E-state index contributed by atoms with van der Waals surface area (Å²) in [5, 5.41) is 3.30. The summed E-state index contributed by atoms with van der Waals surface area (Å²) in [6.07, 6.45) is 1.08. The number of aliphatic imine (C=N–C) groups is 1. The molecule has 1 aromatic carbocycles. The van der Waals surface area contributed by atoms with Gasteiger partial charge in [0.05, 0.1) is 26.4 Å². The highest BCUT2D eigenvalue weighted by atomic mass is 127. The van der Waals surface area contributed by atoms with Crippen molar-refractivity contribution < 1.29 is 13.9 Å². The average molecular weight is 465 g/mol. The van der Waals surface area contributed by atoms with E-state index in [2.05, 4.69) is 15.2 Å². The molecule has 1 fully saturated rings. The third-order valence-electron chi connectivity index (χ3n) is 4.06. The van der Waals surface area contributed by atoms with Crippen molar-refractivity contribution in [2.24, 2.45) is 10.9 Å². The molecular weight excluding hydrogens is 436 g/mol. The van der Waals surface area contributed by atoms with E-state index in [4.69, 9.17) is 9.47 Å². The molecule has 0 bridgehead atoms. The SMILES string of the molecule is CCNC(=NCc1ccccc1F)N1CCC(COCCOC)C1.I. The van der Waals surface area contributed by atoms with Crippen LogP contribution in [0.5, 0.6) is 0 Å². The van der Waals surface area contributed by atoms with Crippen LogP contribution in [0.4, 0.5) is 4.39 Å². The number of halogens is 2. The van der Waals surface area contributed by atoms with Crippen LogP contribution in [0.15, 0.2) is 29.3 Å². The second-order valence-electron chi connectivity index (χ2n) is 5.93. The maximum Gasteiger partial charge on any atom is 0.194 e. The summed E-state index contributed by atoms with van der Waals surface area (Å²) < 4.78 is 24.4. The lowest BCUT2D eigenvalue weighted by Crippen LogP contribution is -2.40. The van der Waals surface area contributed by atoms with Gasteiger partial charge in [-0.3, -0.25) is 0 Å². The summed E-state index contributed by atoms with van der Waals surface area (Å²) in [6.45, 7) is 7.05. The van der Waals surface area contributed by atoms with Gasteiger partial charge in [-0.05, 0) is 19.4 Å². The molecule has 1 aliphatic heterocycles. The fraction of sp³-hybridized carbons (Fsp3) is 0.611. The molecule has 0 amide bonds. The molecule has 0 saturated carbocycles. The van der Waals surface area contributed by atoms with E-state index in [0.717, 1.165) is 38.6 Å². The molecule has 7 heteroatoms. The molecular formula is C18H29FIN3O2. The first-order valence-corrected chi connectivity index (χ1v) is 8.58. The van der Waals surface area contributed by atoms with Crippen molar-refractivity contribution in [3.8, 4) is 0 Å². The van der Waals surface area contributed by atoms with E-state index in [1.165, 1.54) is 6.07 Å². The molecule has 1 unspecified atom stereocenters. The van der Waals surface area contributed by atoms with Crippen LogP contribution in [0.3, 0.4) is 0 Å². The van der Waals surface area contributed by atoms with Gasteiger partial charge in [0.15, 0.2) is 5.96 Å². The Balaban J connectivity index is 0.00000312. The Hall–Kier alpha value is -0.930. The second-order valence-corrected chi connectivity index (χ2v) is 5.93. The number of rotatable bonds is 8. The quantitative estimate of drug-likeness (QED) is 0.278. The van der Waals surface area contributed by atoms with Gasteiger partial charge in [0.25, 0.3) is 0 Å². The zero-order valence-electron chi connectivity index (χ0n) is 15.0.